The SMILES string of the molecule is CCn1nc(C)c(Cl)c1CN(CCOC)CCC(=O)OC. The van der Waals surface area contributed by atoms with Gasteiger partial charge in [-0.1, -0.05) is 11.6 Å². The van der Waals surface area contributed by atoms with Crippen LogP contribution in [0.25, 0.3) is 0 Å². The highest BCUT2D eigenvalue weighted by atomic mass is 35.5. The molecule has 1 aromatic heterocycles. The molecule has 0 atom stereocenters. The number of carbonyl (C=O) groups is 1. The van der Waals surface area contributed by atoms with Gasteiger partial charge in [0.05, 0.1) is 36.5 Å². The first-order valence-electron chi connectivity index (χ1n) is 7.03. The maximum absolute atomic E-state index is 11.3. The minimum Gasteiger partial charge on any atom is -0.469 e. The first kappa shape index (κ1) is 17.9. The zero-order chi connectivity index (χ0) is 15.8. The highest BCUT2D eigenvalue weighted by Gasteiger charge is 2.17. The van der Waals surface area contributed by atoms with Crippen LogP contribution in [0.5, 0.6) is 0 Å². The molecule has 0 amide bonds. The molecule has 1 rings (SSSR count). The van der Waals surface area contributed by atoms with Crippen molar-refractivity contribution in [2.75, 3.05) is 33.9 Å². The summed E-state index contributed by atoms with van der Waals surface area (Å²) in [6, 6.07) is 0. The number of aryl methyl sites for hydroxylation is 2. The lowest BCUT2D eigenvalue weighted by Gasteiger charge is -2.22. The van der Waals surface area contributed by atoms with E-state index in [1.807, 2.05) is 18.5 Å². The van der Waals surface area contributed by atoms with Crippen LogP contribution in [-0.4, -0.2) is 54.6 Å². The van der Waals surface area contributed by atoms with Gasteiger partial charge in [-0.25, -0.2) is 0 Å². The molecule has 0 fully saturated rings. The molecule has 0 spiro atoms. The Morgan fingerprint density at radius 2 is 2.10 bits per heavy atom. The molecule has 21 heavy (non-hydrogen) atoms. The van der Waals surface area contributed by atoms with Gasteiger partial charge in [0, 0.05) is 33.3 Å². The van der Waals surface area contributed by atoms with E-state index in [1.54, 1.807) is 7.11 Å². The standard InChI is InChI=1S/C14H24ClN3O3/c1-5-18-12(14(15)11(2)16-18)10-17(8-9-20-3)7-6-13(19)21-4/h5-10H2,1-4H3. The second-order valence-electron chi connectivity index (χ2n) is 4.76. The molecule has 0 aliphatic heterocycles. The van der Waals surface area contributed by atoms with Crippen molar-refractivity contribution in [1.82, 2.24) is 14.7 Å². The van der Waals surface area contributed by atoms with Crippen LogP contribution >= 0.6 is 11.6 Å². The normalized spacial score (nSPS) is 11.1. The van der Waals surface area contributed by atoms with Gasteiger partial charge >= 0.3 is 5.97 Å². The lowest BCUT2D eigenvalue weighted by molar-refractivity contribution is -0.141. The summed E-state index contributed by atoms with van der Waals surface area (Å²) in [6.07, 6.45) is 0.344. The quantitative estimate of drug-likeness (QED) is 0.651. The largest absolute Gasteiger partial charge is 0.469 e. The van der Waals surface area contributed by atoms with E-state index in [4.69, 9.17) is 16.3 Å². The highest BCUT2D eigenvalue weighted by molar-refractivity contribution is 6.31. The molecule has 0 saturated heterocycles. The molecule has 0 N–H and O–H groups in total. The first-order chi connectivity index (χ1) is 10.0. The third kappa shape index (κ3) is 5.30. The first-order valence-corrected chi connectivity index (χ1v) is 7.41. The molecule has 1 aromatic rings. The Bertz CT molecular complexity index is 463. The molecule has 0 aromatic carbocycles. The molecule has 0 unspecified atom stereocenters. The number of esters is 1. The number of aromatic nitrogens is 2. The van der Waals surface area contributed by atoms with E-state index in [-0.39, 0.29) is 5.97 Å². The molecular weight excluding hydrogens is 294 g/mol. The number of methoxy groups -OCH3 is 2. The van der Waals surface area contributed by atoms with Crippen LogP contribution in [0.3, 0.4) is 0 Å². The minimum absolute atomic E-state index is 0.219. The second-order valence-corrected chi connectivity index (χ2v) is 5.13. The predicted molar refractivity (Wildman–Crippen MR) is 81.4 cm³/mol. The Balaban J connectivity index is 2.77. The topological polar surface area (TPSA) is 56.6 Å². The Morgan fingerprint density at radius 3 is 2.67 bits per heavy atom. The molecule has 0 saturated carbocycles. The van der Waals surface area contributed by atoms with Gasteiger partial charge in [0.25, 0.3) is 0 Å². The Hall–Kier alpha value is -1.11. The molecule has 0 radical (unpaired) electrons. The predicted octanol–water partition coefficient (Wildman–Crippen LogP) is 1.88. The van der Waals surface area contributed by atoms with Crippen LogP contribution in [-0.2, 0) is 27.4 Å². The van der Waals surface area contributed by atoms with E-state index < -0.39 is 0 Å². The van der Waals surface area contributed by atoms with Crippen molar-refractivity contribution in [3.8, 4) is 0 Å². The Morgan fingerprint density at radius 1 is 1.38 bits per heavy atom. The summed E-state index contributed by atoms with van der Waals surface area (Å²) < 4.78 is 11.7. The summed E-state index contributed by atoms with van der Waals surface area (Å²) in [5.41, 5.74) is 1.80. The van der Waals surface area contributed by atoms with Gasteiger partial charge < -0.3 is 9.47 Å². The molecule has 0 bridgehead atoms. The summed E-state index contributed by atoms with van der Waals surface area (Å²) in [6.45, 7) is 7.23. The van der Waals surface area contributed by atoms with Crippen LogP contribution in [0.2, 0.25) is 5.02 Å². The van der Waals surface area contributed by atoms with Crippen LogP contribution in [0.1, 0.15) is 24.7 Å². The minimum atomic E-state index is -0.219. The third-order valence-corrected chi connectivity index (χ3v) is 3.79. The fourth-order valence-corrected chi connectivity index (χ4v) is 2.27. The van der Waals surface area contributed by atoms with Crippen molar-refractivity contribution >= 4 is 17.6 Å². The number of ether oxygens (including phenoxy) is 2. The number of hydrogen-bond donors (Lipinski definition) is 0. The van der Waals surface area contributed by atoms with Crippen molar-refractivity contribution in [2.45, 2.75) is 33.4 Å². The summed E-state index contributed by atoms with van der Waals surface area (Å²) >= 11 is 6.33. The lowest BCUT2D eigenvalue weighted by Crippen LogP contribution is -2.30. The van der Waals surface area contributed by atoms with E-state index in [9.17, 15) is 4.79 Å². The van der Waals surface area contributed by atoms with E-state index in [0.29, 0.717) is 31.1 Å². The van der Waals surface area contributed by atoms with Gasteiger partial charge in [0.2, 0.25) is 0 Å². The van der Waals surface area contributed by atoms with Gasteiger partial charge in [-0.15, -0.1) is 0 Å². The van der Waals surface area contributed by atoms with Gasteiger partial charge in [-0.3, -0.25) is 14.4 Å². The highest BCUT2D eigenvalue weighted by Crippen LogP contribution is 2.21. The van der Waals surface area contributed by atoms with Gasteiger partial charge in [-0.05, 0) is 13.8 Å². The maximum Gasteiger partial charge on any atom is 0.306 e. The maximum atomic E-state index is 11.3. The number of rotatable bonds is 9. The smallest absolute Gasteiger partial charge is 0.306 e. The molecule has 6 nitrogen and oxygen atoms in total. The summed E-state index contributed by atoms with van der Waals surface area (Å²) in [4.78, 5) is 13.4. The zero-order valence-corrected chi connectivity index (χ0v) is 13.9. The second kappa shape index (κ2) is 9.02. The van der Waals surface area contributed by atoms with E-state index in [1.165, 1.54) is 7.11 Å². The molecule has 0 aliphatic rings. The Kier molecular flexibility index (Phi) is 7.71. The zero-order valence-electron chi connectivity index (χ0n) is 13.2. The molecular formula is C14H24ClN3O3. The van der Waals surface area contributed by atoms with Crippen LogP contribution in [0.4, 0.5) is 0 Å². The lowest BCUT2D eigenvalue weighted by atomic mass is 10.3. The average molecular weight is 318 g/mol. The van der Waals surface area contributed by atoms with Crippen LogP contribution in [0, 0.1) is 6.92 Å². The monoisotopic (exact) mass is 317 g/mol. The summed E-state index contributed by atoms with van der Waals surface area (Å²) in [5.74, 6) is -0.219. The number of hydrogen-bond acceptors (Lipinski definition) is 5. The summed E-state index contributed by atoms with van der Waals surface area (Å²) in [5, 5.41) is 5.10. The van der Waals surface area contributed by atoms with Gasteiger partial charge in [0.1, 0.15) is 0 Å². The molecule has 7 heteroatoms. The van der Waals surface area contributed by atoms with Crippen molar-refractivity contribution in [1.29, 1.82) is 0 Å². The van der Waals surface area contributed by atoms with Gasteiger partial charge in [-0.2, -0.15) is 5.10 Å². The van der Waals surface area contributed by atoms with E-state index in [2.05, 4.69) is 14.7 Å². The average Bonchev–Trinajstić information content (AvgIpc) is 2.76. The van der Waals surface area contributed by atoms with Crippen LogP contribution in [0.15, 0.2) is 0 Å². The third-order valence-electron chi connectivity index (χ3n) is 3.30. The van der Waals surface area contributed by atoms with E-state index >= 15 is 0 Å². The summed E-state index contributed by atoms with van der Waals surface area (Å²) in [7, 11) is 3.06. The van der Waals surface area contributed by atoms with Gasteiger partial charge in [0.15, 0.2) is 0 Å². The van der Waals surface area contributed by atoms with E-state index in [0.717, 1.165) is 24.5 Å². The Labute approximate surface area is 131 Å². The fourth-order valence-electron chi connectivity index (χ4n) is 2.07. The number of carbonyl (C=O) groups excluding carboxylic acids is 1. The van der Waals surface area contributed by atoms with Crippen molar-refractivity contribution in [2.24, 2.45) is 0 Å². The fraction of sp³-hybridized carbons (Fsp3) is 0.714. The molecule has 1 heterocycles. The van der Waals surface area contributed by atoms with Crippen molar-refractivity contribution < 1.29 is 14.3 Å². The molecule has 0 aliphatic carbocycles. The van der Waals surface area contributed by atoms with Crippen LogP contribution < -0.4 is 0 Å². The van der Waals surface area contributed by atoms with Crippen molar-refractivity contribution in [3.05, 3.63) is 16.4 Å². The van der Waals surface area contributed by atoms with Crippen molar-refractivity contribution in [3.63, 3.8) is 0 Å². The molecule has 120 valence electrons. The number of nitrogens with zero attached hydrogens (tertiary/aromatic N) is 3. The number of halogens is 1.